The maximum Gasteiger partial charge on any atom is 0.262 e. The predicted molar refractivity (Wildman–Crippen MR) is 140 cm³/mol. The number of benzene rings is 1. The van der Waals surface area contributed by atoms with Crippen LogP contribution in [-0.2, 0) is 24.2 Å². The second kappa shape index (κ2) is 11.7. The molecule has 3 aromatic rings. The fourth-order valence-corrected chi connectivity index (χ4v) is 6.47. The third-order valence-electron chi connectivity index (χ3n) is 6.18. The van der Waals surface area contributed by atoms with E-state index in [0.717, 1.165) is 56.9 Å². The van der Waals surface area contributed by atoms with Gasteiger partial charge in [-0.1, -0.05) is 56.5 Å². The first kappa shape index (κ1) is 24.5. The lowest BCUT2D eigenvalue weighted by molar-refractivity contribution is -0.113. The lowest BCUT2D eigenvalue weighted by Gasteiger charge is -2.13. The number of carbonyl (C=O) groups excluding carboxylic acids is 1. The Bertz CT molecular complexity index is 1270. The second-order valence-electron chi connectivity index (χ2n) is 8.65. The molecule has 34 heavy (non-hydrogen) atoms. The summed E-state index contributed by atoms with van der Waals surface area (Å²) in [5, 5.41) is 14.5. The monoisotopic (exact) mass is 494 g/mol. The van der Waals surface area contributed by atoms with Gasteiger partial charge in [-0.25, -0.2) is 4.98 Å². The second-order valence-corrected chi connectivity index (χ2v) is 10.7. The number of fused-ring (bicyclic) bond motifs is 2. The zero-order valence-electron chi connectivity index (χ0n) is 19.6. The molecule has 0 radical (unpaired) electrons. The van der Waals surface area contributed by atoms with Gasteiger partial charge in [0.1, 0.15) is 11.1 Å². The van der Waals surface area contributed by atoms with Gasteiger partial charge in [0.25, 0.3) is 5.56 Å². The molecule has 0 aliphatic heterocycles. The third-order valence-corrected chi connectivity index (χ3v) is 8.36. The first-order valence-electron chi connectivity index (χ1n) is 12.1. The van der Waals surface area contributed by atoms with E-state index in [9.17, 15) is 14.9 Å². The lowest BCUT2D eigenvalue weighted by Crippen LogP contribution is -2.24. The van der Waals surface area contributed by atoms with E-state index in [1.54, 1.807) is 10.6 Å². The number of thiophene rings is 1. The molecule has 8 heteroatoms. The molecule has 2 aromatic heterocycles. The smallest absolute Gasteiger partial charge is 0.262 e. The molecule has 0 unspecified atom stereocenters. The predicted octanol–water partition coefficient (Wildman–Crippen LogP) is 5.91. The van der Waals surface area contributed by atoms with Gasteiger partial charge in [-0.05, 0) is 49.8 Å². The Morgan fingerprint density at radius 1 is 1.21 bits per heavy atom. The Morgan fingerprint density at radius 3 is 2.85 bits per heavy atom. The standard InChI is InChI=1S/C26H30N4O2S2/c1-2-3-4-10-15-30-25(32)19-12-8-9-13-21(19)28-26(30)33-17-23(31)29-24-20(16-27)18-11-6-5-7-14-22(18)34-24/h8-9,12-13H,2-7,10-11,14-15,17H2,1H3,(H,29,31). The lowest BCUT2D eigenvalue weighted by atomic mass is 10.1. The van der Waals surface area contributed by atoms with Crippen LogP contribution in [0.4, 0.5) is 5.00 Å². The molecule has 1 aliphatic rings. The van der Waals surface area contributed by atoms with E-state index in [-0.39, 0.29) is 17.2 Å². The first-order chi connectivity index (χ1) is 16.6. The number of rotatable bonds is 9. The number of para-hydroxylation sites is 1. The van der Waals surface area contributed by atoms with E-state index in [2.05, 4.69) is 18.3 Å². The summed E-state index contributed by atoms with van der Waals surface area (Å²) in [5.74, 6) is -0.0504. The molecule has 0 fully saturated rings. The van der Waals surface area contributed by atoms with Crippen LogP contribution >= 0.6 is 23.1 Å². The minimum absolute atomic E-state index is 0.0567. The van der Waals surface area contributed by atoms with Crippen LogP contribution in [0.2, 0.25) is 0 Å². The van der Waals surface area contributed by atoms with E-state index in [1.807, 2.05) is 18.2 Å². The van der Waals surface area contributed by atoms with E-state index < -0.39 is 0 Å². The first-order valence-corrected chi connectivity index (χ1v) is 13.9. The van der Waals surface area contributed by atoms with Crippen LogP contribution in [0, 0.1) is 11.3 Å². The number of nitrogens with zero attached hydrogens (tertiary/aromatic N) is 3. The summed E-state index contributed by atoms with van der Waals surface area (Å²) in [5.41, 5.74) is 2.33. The van der Waals surface area contributed by atoms with E-state index >= 15 is 0 Å². The maximum atomic E-state index is 13.1. The highest BCUT2D eigenvalue weighted by atomic mass is 32.2. The largest absolute Gasteiger partial charge is 0.316 e. The van der Waals surface area contributed by atoms with Crippen LogP contribution < -0.4 is 10.9 Å². The van der Waals surface area contributed by atoms with Crippen LogP contribution in [0.5, 0.6) is 0 Å². The van der Waals surface area contributed by atoms with Gasteiger partial charge in [0, 0.05) is 11.4 Å². The number of thioether (sulfide) groups is 1. The SMILES string of the molecule is CCCCCCn1c(SCC(=O)Nc2sc3c(c2C#N)CCCCC3)nc2ccccc2c1=O. The number of aromatic nitrogens is 2. The van der Waals surface area contributed by atoms with Crippen molar-refractivity contribution in [1.29, 1.82) is 5.26 Å². The molecule has 0 bridgehead atoms. The van der Waals surface area contributed by atoms with Crippen molar-refractivity contribution in [3.8, 4) is 6.07 Å². The van der Waals surface area contributed by atoms with Gasteiger partial charge in [-0.15, -0.1) is 11.3 Å². The van der Waals surface area contributed by atoms with Gasteiger partial charge in [-0.2, -0.15) is 5.26 Å². The van der Waals surface area contributed by atoms with Crippen LogP contribution in [0.1, 0.15) is 67.9 Å². The Balaban J connectivity index is 1.51. The minimum atomic E-state index is -0.183. The summed E-state index contributed by atoms with van der Waals surface area (Å²) in [7, 11) is 0. The Labute approximate surface area is 208 Å². The summed E-state index contributed by atoms with van der Waals surface area (Å²) in [4.78, 5) is 31.9. The topological polar surface area (TPSA) is 87.8 Å². The molecule has 1 aromatic carbocycles. The quantitative estimate of drug-likeness (QED) is 0.173. The molecule has 0 spiro atoms. The van der Waals surface area contributed by atoms with Crippen molar-refractivity contribution in [2.45, 2.75) is 76.4 Å². The molecular formula is C26H30N4O2S2. The number of nitriles is 1. The van der Waals surface area contributed by atoms with Crippen molar-refractivity contribution in [3.05, 3.63) is 50.6 Å². The van der Waals surface area contributed by atoms with Gasteiger partial charge in [0.15, 0.2) is 5.16 Å². The molecule has 4 rings (SSSR count). The van der Waals surface area contributed by atoms with Gasteiger partial charge >= 0.3 is 0 Å². The van der Waals surface area contributed by atoms with Gasteiger partial charge in [0.05, 0.1) is 22.2 Å². The van der Waals surface area contributed by atoms with Crippen LogP contribution in [0.3, 0.4) is 0 Å². The Morgan fingerprint density at radius 2 is 2.03 bits per heavy atom. The van der Waals surface area contributed by atoms with Crippen molar-refractivity contribution in [2.75, 3.05) is 11.1 Å². The van der Waals surface area contributed by atoms with Crippen LogP contribution in [0.25, 0.3) is 10.9 Å². The van der Waals surface area contributed by atoms with Crippen LogP contribution in [0.15, 0.2) is 34.2 Å². The molecule has 2 heterocycles. The van der Waals surface area contributed by atoms with Crippen molar-refractivity contribution < 1.29 is 4.79 Å². The fourth-order valence-electron chi connectivity index (χ4n) is 4.39. The van der Waals surface area contributed by atoms with Crippen molar-refractivity contribution >= 4 is 44.9 Å². The van der Waals surface area contributed by atoms with E-state index in [1.165, 1.54) is 34.4 Å². The van der Waals surface area contributed by atoms with E-state index in [4.69, 9.17) is 4.98 Å². The molecule has 6 nitrogen and oxygen atoms in total. The van der Waals surface area contributed by atoms with E-state index in [0.29, 0.717) is 33.2 Å². The Kier molecular flexibility index (Phi) is 8.41. The number of nitrogens with one attached hydrogen (secondary N) is 1. The average molecular weight is 495 g/mol. The molecule has 178 valence electrons. The summed E-state index contributed by atoms with van der Waals surface area (Å²) >= 11 is 2.82. The van der Waals surface area contributed by atoms with Crippen molar-refractivity contribution in [3.63, 3.8) is 0 Å². The van der Waals surface area contributed by atoms with Gasteiger partial charge in [-0.3, -0.25) is 14.2 Å². The Hall–Kier alpha value is -2.63. The molecule has 0 saturated heterocycles. The average Bonchev–Trinajstić information content (AvgIpc) is 3.00. The summed E-state index contributed by atoms with van der Waals surface area (Å²) < 4.78 is 1.71. The number of hydrogen-bond acceptors (Lipinski definition) is 6. The highest BCUT2D eigenvalue weighted by molar-refractivity contribution is 7.99. The molecule has 1 amide bonds. The third kappa shape index (κ3) is 5.53. The number of anilines is 1. The molecular weight excluding hydrogens is 464 g/mol. The fraction of sp³-hybridized carbons (Fsp3) is 0.462. The molecule has 1 aliphatic carbocycles. The highest BCUT2D eigenvalue weighted by Crippen LogP contribution is 2.37. The van der Waals surface area contributed by atoms with Crippen molar-refractivity contribution in [1.82, 2.24) is 9.55 Å². The highest BCUT2D eigenvalue weighted by Gasteiger charge is 2.21. The molecule has 1 N–H and O–H groups in total. The summed E-state index contributed by atoms with van der Waals surface area (Å²) in [6, 6.07) is 9.67. The van der Waals surface area contributed by atoms with Gasteiger partial charge < -0.3 is 5.32 Å². The number of aryl methyl sites for hydroxylation is 1. The summed E-state index contributed by atoms with van der Waals surface area (Å²) in [6.45, 7) is 2.75. The van der Waals surface area contributed by atoms with Crippen LogP contribution in [-0.4, -0.2) is 21.2 Å². The molecule has 0 saturated carbocycles. The number of unbranched alkanes of at least 4 members (excludes halogenated alkanes) is 3. The zero-order valence-corrected chi connectivity index (χ0v) is 21.2. The normalized spacial score (nSPS) is 13.3. The number of carbonyl (C=O) groups is 1. The van der Waals surface area contributed by atoms with Crippen molar-refractivity contribution in [2.24, 2.45) is 0 Å². The number of hydrogen-bond donors (Lipinski definition) is 1. The minimum Gasteiger partial charge on any atom is -0.316 e. The maximum absolute atomic E-state index is 13.1. The van der Waals surface area contributed by atoms with Gasteiger partial charge in [0.2, 0.25) is 5.91 Å². The summed E-state index contributed by atoms with van der Waals surface area (Å²) in [6.07, 6.45) is 9.51. The molecule has 0 atom stereocenters. The zero-order chi connectivity index (χ0) is 23.9. The number of amides is 1.